The van der Waals surface area contributed by atoms with Crippen molar-refractivity contribution < 1.29 is 8.83 Å². The van der Waals surface area contributed by atoms with Gasteiger partial charge < -0.3 is 27.8 Å². The number of para-hydroxylation sites is 12. The summed E-state index contributed by atoms with van der Waals surface area (Å²) in [6.45, 7) is 0. The number of nitrogens with zero attached hydrogens (tertiary/aromatic N) is 4. The predicted molar refractivity (Wildman–Crippen MR) is 538 cm³/mol. The molecule has 598 valence electrons. The molecule has 4 heterocycles. The summed E-state index contributed by atoms with van der Waals surface area (Å²) in [5.41, 5.74) is 33.9. The monoisotopic (exact) mass is 1630 g/mol. The third-order valence-corrected chi connectivity index (χ3v) is 26.2. The van der Waals surface area contributed by atoms with Gasteiger partial charge in [-0.25, -0.2) is 0 Å². The summed E-state index contributed by atoms with van der Waals surface area (Å²) < 4.78 is 18.7. The van der Waals surface area contributed by atoms with E-state index in [0.717, 1.165) is 211 Å². The molecule has 25 aromatic rings. The summed E-state index contributed by atoms with van der Waals surface area (Å²) in [6, 6.07) is 173. The van der Waals surface area contributed by atoms with E-state index in [1.54, 1.807) is 0 Å². The molecule has 25 rings (SSSR count). The van der Waals surface area contributed by atoms with E-state index >= 15 is 0 Å². The number of aromatic nitrogens is 2. The molecule has 6 nitrogen and oxygen atoms in total. The van der Waals surface area contributed by atoms with Gasteiger partial charge in [-0.15, -0.1) is 0 Å². The van der Waals surface area contributed by atoms with Crippen LogP contribution in [0.3, 0.4) is 0 Å². The Hall–Kier alpha value is -17.1. The van der Waals surface area contributed by atoms with E-state index in [-0.39, 0.29) is 0 Å². The van der Waals surface area contributed by atoms with Gasteiger partial charge in [-0.3, -0.25) is 0 Å². The first-order valence-corrected chi connectivity index (χ1v) is 43.9. The van der Waals surface area contributed by atoms with Crippen LogP contribution in [-0.4, -0.2) is 9.13 Å². The Bertz CT molecular complexity index is 8600. The summed E-state index contributed by atoms with van der Waals surface area (Å²) in [6.07, 6.45) is 0. The highest BCUT2D eigenvalue weighted by Gasteiger charge is 2.28. The Balaban J connectivity index is 0.634. The Morgan fingerprint density at radius 1 is 0.172 bits per heavy atom. The van der Waals surface area contributed by atoms with Gasteiger partial charge in [0.25, 0.3) is 0 Å². The normalized spacial score (nSPS) is 11.8. The van der Waals surface area contributed by atoms with Crippen molar-refractivity contribution in [3.63, 3.8) is 0 Å². The molecule has 0 saturated heterocycles. The van der Waals surface area contributed by atoms with Crippen LogP contribution in [0, 0.1) is 0 Å². The standard InChI is InChI=1S/C122H78N4O2/c1-2-32-79(33-3-1)88-35-6-7-37-92(88)93-38-8-20-54-110(93)124(111-55-21-10-40-95(111)97-42-12-23-57-113(97)126-116-60-26-15-45-100(116)101-46-16-27-61-117(101)126)87-74-68-82(69-75-87)107-77-84(78-108-103-48-18-29-63-119(103)128-122(107)108)90-49-30-51-104-106(76-83-34-4-5-36-89(83)120(90)104)81-66-72-86(73-67-81)123(85-70-64-80(65-71-85)91-50-31-52-105-102-47-17-28-62-118(102)127-121(91)105)109-53-19-9-39-94(109)96-41-11-22-56-112(96)125-114-58-24-13-43-98(114)99-44-14-25-59-115(99)125/h1-78H. The first-order valence-electron chi connectivity index (χ1n) is 43.9. The van der Waals surface area contributed by atoms with Crippen molar-refractivity contribution >= 4 is 143 Å². The zero-order valence-electron chi connectivity index (χ0n) is 69.6. The van der Waals surface area contributed by atoms with Crippen LogP contribution in [0.1, 0.15) is 0 Å². The molecule has 0 amide bonds. The Morgan fingerprint density at radius 3 is 1.05 bits per heavy atom. The predicted octanol–water partition coefficient (Wildman–Crippen LogP) is 34.3. The Morgan fingerprint density at radius 2 is 0.516 bits per heavy atom. The fourth-order valence-corrected chi connectivity index (χ4v) is 20.4. The van der Waals surface area contributed by atoms with Gasteiger partial charge in [0, 0.05) is 99.1 Å². The number of furan rings is 2. The highest BCUT2D eigenvalue weighted by Crippen LogP contribution is 2.53. The summed E-state index contributed by atoms with van der Waals surface area (Å²) in [4.78, 5) is 4.91. The van der Waals surface area contributed by atoms with E-state index in [9.17, 15) is 0 Å². The molecule has 0 unspecified atom stereocenters. The minimum Gasteiger partial charge on any atom is -0.455 e. The molecule has 0 bridgehead atoms. The van der Waals surface area contributed by atoms with Crippen molar-refractivity contribution in [1.82, 2.24) is 9.13 Å². The zero-order chi connectivity index (χ0) is 84.3. The molecule has 128 heavy (non-hydrogen) atoms. The maximum Gasteiger partial charge on any atom is 0.143 e. The first kappa shape index (κ1) is 73.6. The minimum atomic E-state index is 0.834. The number of hydrogen-bond acceptors (Lipinski definition) is 4. The van der Waals surface area contributed by atoms with E-state index in [1.165, 1.54) is 32.3 Å². The molecule has 0 aliphatic rings. The van der Waals surface area contributed by atoms with E-state index in [1.807, 2.05) is 6.07 Å². The summed E-state index contributed by atoms with van der Waals surface area (Å²) in [7, 11) is 0. The Kier molecular flexibility index (Phi) is 17.5. The van der Waals surface area contributed by atoms with Gasteiger partial charge in [0.05, 0.1) is 50.5 Å². The van der Waals surface area contributed by atoms with Gasteiger partial charge in [-0.2, -0.15) is 0 Å². The number of fused-ring (bicyclic) bond motifs is 15. The van der Waals surface area contributed by atoms with Crippen LogP contribution in [0.5, 0.6) is 0 Å². The molecule has 0 saturated carbocycles. The number of benzene rings is 21. The molecular weight excluding hydrogens is 1550 g/mol. The van der Waals surface area contributed by atoms with E-state index < -0.39 is 0 Å². The molecular formula is C122H78N4O2. The summed E-state index contributed by atoms with van der Waals surface area (Å²) in [5.74, 6) is 0. The van der Waals surface area contributed by atoms with Crippen molar-refractivity contribution in [2.24, 2.45) is 0 Å². The lowest BCUT2D eigenvalue weighted by Crippen LogP contribution is -2.13. The highest BCUT2D eigenvalue weighted by molar-refractivity contribution is 6.22. The summed E-state index contributed by atoms with van der Waals surface area (Å²) in [5, 5.41) is 13.8. The van der Waals surface area contributed by atoms with Crippen molar-refractivity contribution in [2.75, 3.05) is 9.80 Å². The Labute approximate surface area is 739 Å². The van der Waals surface area contributed by atoms with Gasteiger partial charge in [-0.1, -0.05) is 352 Å². The molecule has 0 spiro atoms. The lowest BCUT2D eigenvalue weighted by molar-refractivity contribution is 0.669. The van der Waals surface area contributed by atoms with Crippen LogP contribution in [-0.2, 0) is 0 Å². The second-order valence-corrected chi connectivity index (χ2v) is 33.2. The minimum absolute atomic E-state index is 0.834. The summed E-state index contributed by atoms with van der Waals surface area (Å²) >= 11 is 0. The second kappa shape index (κ2) is 30.5. The third-order valence-electron chi connectivity index (χ3n) is 26.2. The molecule has 6 heteroatoms. The van der Waals surface area contributed by atoms with Crippen LogP contribution in [0.25, 0.3) is 209 Å². The number of anilines is 6. The van der Waals surface area contributed by atoms with Gasteiger partial charge >= 0.3 is 0 Å². The second-order valence-electron chi connectivity index (χ2n) is 33.2. The molecule has 21 aromatic carbocycles. The quantitative estimate of drug-likeness (QED) is 0.0904. The fourth-order valence-electron chi connectivity index (χ4n) is 20.4. The van der Waals surface area contributed by atoms with Crippen LogP contribution in [0.15, 0.2) is 482 Å². The van der Waals surface area contributed by atoms with Gasteiger partial charge in [0.15, 0.2) is 0 Å². The van der Waals surface area contributed by atoms with Crippen molar-refractivity contribution in [3.8, 4) is 100 Å². The average molecular weight is 1630 g/mol. The van der Waals surface area contributed by atoms with E-state index in [0.29, 0.717) is 0 Å². The fraction of sp³-hybridized carbons (Fsp3) is 0. The molecule has 4 aromatic heterocycles. The van der Waals surface area contributed by atoms with Crippen LogP contribution >= 0.6 is 0 Å². The lowest BCUT2D eigenvalue weighted by Gasteiger charge is -2.31. The van der Waals surface area contributed by atoms with E-state index in [4.69, 9.17) is 8.83 Å². The number of rotatable bonds is 16. The van der Waals surface area contributed by atoms with E-state index in [2.05, 4.69) is 486 Å². The highest BCUT2D eigenvalue weighted by atomic mass is 16.3. The third kappa shape index (κ3) is 12.1. The van der Waals surface area contributed by atoms with Crippen LogP contribution in [0.4, 0.5) is 34.1 Å². The SMILES string of the molecule is c1ccc(-c2ccccc2-c2ccccc2N(c2ccc(-c3cc(-c4cccc5c(-c6ccc(N(c7ccc(-c8cccc9c8oc8ccccc89)cc7)c7ccccc7-c7ccccc7-n7c8ccccc8c8ccccc87)cc6)cc6ccccc6c45)cc4c3oc3ccccc34)cc2)c2ccccc2-c2ccccc2-n2c3ccccc3c3ccccc32)cc1. The van der Waals surface area contributed by atoms with Crippen molar-refractivity contribution in [3.05, 3.63) is 473 Å². The molecule has 0 radical (unpaired) electrons. The van der Waals surface area contributed by atoms with Gasteiger partial charge in [0.1, 0.15) is 22.3 Å². The van der Waals surface area contributed by atoms with Crippen molar-refractivity contribution in [1.29, 1.82) is 0 Å². The average Bonchev–Trinajstić information content (AvgIpc) is 1.70. The molecule has 0 aliphatic heterocycles. The van der Waals surface area contributed by atoms with Gasteiger partial charge in [0.2, 0.25) is 0 Å². The lowest BCUT2D eigenvalue weighted by atomic mass is 9.87. The zero-order valence-corrected chi connectivity index (χ0v) is 69.6. The topological polar surface area (TPSA) is 42.6 Å². The largest absolute Gasteiger partial charge is 0.455 e. The molecule has 0 atom stereocenters. The molecule has 0 fully saturated rings. The van der Waals surface area contributed by atoms with Crippen LogP contribution in [0.2, 0.25) is 0 Å². The number of hydrogen-bond donors (Lipinski definition) is 0. The van der Waals surface area contributed by atoms with Crippen molar-refractivity contribution in [2.45, 2.75) is 0 Å². The molecule has 0 aliphatic carbocycles. The first-order chi connectivity index (χ1) is 63.5. The smallest absolute Gasteiger partial charge is 0.143 e. The maximum absolute atomic E-state index is 7.14. The molecule has 0 N–H and O–H groups in total. The van der Waals surface area contributed by atoms with Gasteiger partial charge in [-0.05, 0) is 193 Å². The maximum atomic E-state index is 7.14. The van der Waals surface area contributed by atoms with Crippen LogP contribution < -0.4 is 9.80 Å².